The number of rotatable bonds is 4. The van der Waals surface area contributed by atoms with Gasteiger partial charge in [0.15, 0.2) is 0 Å². The molecule has 2 amide bonds. The minimum Gasteiger partial charge on any atom is -0.493 e. The van der Waals surface area contributed by atoms with Crippen LogP contribution in [0.15, 0.2) is 46.9 Å². The van der Waals surface area contributed by atoms with Crippen LogP contribution in [-0.4, -0.2) is 42.2 Å². The van der Waals surface area contributed by atoms with Crippen molar-refractivity contribution in [1.29, 1.82) is 0 Å². The van der Waals surface area contributed by atoms with Crippen molar-refractivity contribution < 1.29 is 19.1 Å². The van der Waals surface area contributed by atoms with Crippen molar-refractivity contribution in [2.45, 2.75) is 45.3 Å². The summed E-state index contributed by atoms with van der Waals surface area (Å²) in [5.41, 5.74) is 2.37. The number of amides is 2. The predicted molar refractivity (Wildman–Crippen MR) is 126 cm³/mol. The summed E-state index contributed by atoms with van der Waals surface area (Å²) < 4.78 is 12.8. The van der Waals surface area contributed by atoms with Crippen LogP contribution in [0.4, 0.5) is 4.79 Å². The third kappa shape index (κ3) is 5.26. The van der Waals surface area contributed by atoms with Gasteiger partial charge in [-0.1, -0.05) is 34.1 Å². The number of benzene rings is 2. The van der Waals surface area contributed by atoms with E-state index >= 15 is 0 Å². The Morgan fingerprint density at radius 1 is 1.19 bits per heavy atom. The van der Waals surface area contributed by atoms with Gasteiger partial charge < -0.3 is 19.7 Å². The van der Waals surface area contributed by atoms with Crippen molar-refractivity contribution in [1.82, 2.24) is 10.2 Å². The number of ether oxygens (including phenoxy) is 2. The monoisotopic (exact) mass is 500 g/mol. The fraction of sp³-hybridized carbons (Fsp3) is 0.440. The van der Waals surface area contributed by atoms with Crippen LogP contribution in [0, 0.1) is 5.92 Å². The molecule has 170 valence electrons. The summed E-state index contributed by atoms with van der Waals surface area (Å²) in [6.07, 6.45) is 0.549. The lowest BCUT2D eigenvalue weighted by Crippen LogP contribution is -2.46. The predicted octanol–water partition coefficient (Wildman–Crippen LogP) is 5.11. The van der Waals surface area contributed by atoms with E-state index in [4.69, 9.17) is 9.47 Å². The van der Waals surface area contributed by atoms with Crippen LogP contribution in [-0.2, 0) is 11.3 Å². The quantitative estimate of drug-likeness (QED) is 0.632. The fourth-order valence-electron chi connectivity index (χ4n) is 4.33. The molecule has 0 saturated carbocycles. The number of fused-ring (bicyclic) bond motifs is 1. The number of nitrogens with one attached hydrogen (secondary N) is 1. The van der Waals surface area contributed by atoms with E-state index in [1.807, 2.05) is 45.0 Å². The van der Waals surface area contributed by atoms with Crippen LogP contribution >= 0.6 is 15.9 Å². The average molecular weight is 501 g/mol. The van der Waals surface area contributed by atoms with Gasteiger partial charge in [-0.3, -0.25) is 4.79 Å². The number of carbonyl (C=O) groups is 2. The van der Waals surface area contributed by atoms with Crippen LogP contribution < -0.4 is 10.1 Å². The SMILES string of the molecule is CC(C)(C)OC(=O)N1CCC(c2ccc(Br)cc2)C(COc2ccc3c(c2)C(=O)NC3)C1. The van der Waals surface area contributed by atoms with Crippen molar-refractivity contribution in [2.24, 2.45) is 5.92 Å². The Labute approximate surface area is 197 Å². The van der Waals surface area contributed by atoms with E-state index in [1.54, 1.807) is 11.0 Å². The first-order valence-electron chi connectivity index (χ1n) is 11.0. The fourth-order valence-corrected chi connectivity index (χ4v) is 4.59. The van der Waals surface area contributed by atoms with Gasteiger partial charge in [0, 0.05) is 35.6 Å². The molecule has 7 heteroatoms. The molecule has 2 aromatic rings. The second kappa shape index (κ2) is 9.14. The van der Waals surface area contributed by atoms with E-state index in [-0.39, 0.29) is 23.8 Å². The highest BCUT2D eigenvalue weighted by atomic mass is 79.9. The number of piperidine rings is 1. The lowest BCUT2D eigenvalue weighted by Gasteiger charge is -2.39. The Bertz CT molecular complexity index is 1000. The molecule has 6 nitrogen and oxygen atoms in total. The van der Waals surface area contributed by atoms with Crippen molar-refractivity contribution in [3.05, 3.63) is 63.6 Å². The molecule has 0 aliphatic carbocycles. The molecule has 2 atom stereocenters. The molecule has 2 unspecified atom stereocenters. The first-order chi connectivity index (χ1) is 15.2. The lowest BCUT2D eigenvalue weighted by molar-refractivity contribution is 0.0111. The van der Waals surface area contributed by atoms with Crippen LogP contribution in [0.2, 0.25) is 0 Å². The summed E-state index contributed by atoms with van der Waals surface area (Å²) in [6.45, 7) is 7.85. The van der Waals surface area contributed by atoms with Crippen molar-refractivity contribution in [2.75, 3.05) is 19.7 Å². The normalized spacial score (nSPS) is 20.5. The second-order valence-electron chi connectivity index (χ2n) is 9.45. The topological polar surface area (TPSA) is 67.9 Å². The minimum atomic E-state index is -0.531. The maximum Gasteiger partial charge on any atom is 0.410 e. The first kappa shape index (κ1) is 22.6. The Balaban J connectivity index is 1.50. The van der Waals surface area contributed by atoms with E-state index < -0.39 is 5.60 Å². The third-order valence-corrected chi connectivity index (χ3v) is 6.44. The summed E-state index contributed by atoms with van der Waals surface area (Å²) in [6, 6.07) is 14.0. The molecular formula is C25H29BrN2O4. The van der Waals surface area contributed by atoms with Gasteiger partial charge in [0.25, 0.3) is 5.91 Å². The maximum absolute atomic E-state index is 12.7. The van der Waals surface area contributed by atoms with Gasteiger partial charge in [-0.05, 0) is 68.5 Å². The lowest BCUT2D eigenvalue weighted by atomic mass is 9.81. The summed E-state index contributed by atoms with van der Waals surface area (Å²) in [4.78, 5) is 26.5. The number of likely N-dealkylation sites (tertiary alicyclic amines) is 1. The average Bonchev–Trinajstić information content (AvgIpc) is 3.12. The zero-order valence-corrected chi connectivity index (χ0v) is 20.3. The molecule has 2 aromatic carbocycles. The summed E-state index contributed by atoms with van der Waals surface area (Å²) in [5.74, 6) is 0.968. The Hall–Kier alpha value is -2.54. The molecule has 1 N–H and O–H groups in total. The Morgan fingerprint density at radius 3 is 2.66 bits per heavy atom. The standard InChI is InChI=1S/C25H29BrN2O4/c1-25(2,3)32-24(30)28-11-10-21(16-4-7-19(26)8-5-16)18(14-28)15-31-20-9-6-17-13-27-23(29)22(17)12-20/h4-9,12,18,21H,10-11,13-15H2,1-3H3,(H,27,29). The number of hydrogen-bond acceptors (Lipinski definition) is 4. The molecule has 0 spiro atoms. The van der Waals surface area contributed by atoms with Gasteiger partial charge in [-0.15, -0.1) is 0 Å². The van der Waals surface area contributed by atoms with Crippen LogP contribution in [0.1, 0.15) is 54.6 Å². The van der Waals surface area contributed by atoms with Crippen molar-refractivity contribution in [3.63, 3.8) is 0 Å². The van der Waals surface area contributed by atoms with Gasteiger partial charge in [0.1, 0.15) is 11.4 Å². The molecule has 0 aromatic heterocycles. The molecule has 1 saturated heterocycles. The smallest absolute Gasteiger partial charge is 0.410 e. The van der Waals surface area contributed by atoms with Gasteiger partial charge in [-0.25, -0.2) is 4.79 Å². The van der Waals surface area contributed by atoms with E-state index in [9.17, 15) is 9.59 Å². The molecule has 2 heterocycles. The van der Waals surface area contributed by atoms with Gasteiger partial charge in [0.05, 0.1) is 6.61 Å². The van der Waals surface area contributed by atoms with Crippen LogP contribution in [0.3, 0.4) is 0 Å². The third-order valence-electron chi connectivity index (χ3n) is 5.91. The first-order valence-corrected chi connectivity index (χ1v) is 11.8. The molecule has 0 radical (unpaired) electrons. The molecule has 2 aliphatic rings. The van der Waals surface area contributed by atoms with Crippen LogP contribution in [0.25, 0.3) is 0 Å². The Morgan fingerprint density at radius 2 is 1.94 bits per heavy atom. The highest BCUT2D eigenvalue weighted by molar-refractivity contribution is 9.10. The number of nitrogens with zero attached hydrogens (tertiary/aromatic N) is 1. The number of hydrogen-bond donors (Lipinski definition) is 1. The summed E-state index contributed by atoms with van der Waals surface area (Å²) in [5, 5.41) is 2.83. The van der Waals surface area contributed by atoms with Gasteiger partial charge in [0.2, 0.25) is 0 Å². The largest absolute Gasteiger partial charge is 0.493 e. The second-order valence-corrected chi connectivity index (χ2v) is 10.4. The molecule has 32 heavy (non-hydrogen) atoms. The summed E-state index contributed by atoms with van der Waals surface area (Å²) >= 11 is 3.50. The van der Waals surface area contributed by atoms with Crippen molar-refractivity contribution >= 4 is 27.9 Å². The highest BCUT2D eigenvalue weighted by Gasteiger charge is 2.35. The molecule has 0 bridgehead atoms. The van der Waals surface area contributed by atoms with Gasteiger partial charge >= 0.3 is 6.09 Å². The highest BCUT2D eigenvalue weighted by Crippen LogP contribution is 2.35. The zero-order chi connectivity index (χ0) is 22.9. The van der Waals surface area contributed by atoms with Gasteiger partial charge in [-0.2, -0.15) is 0 Å². The molecule has 4 rings (SSSR count). The van der Waals surface area contributed by atoms with E-state index in [0.29, 0.717) is 37.6 Å². The number of carbonyl (C=O) groups excluding carboxylic acids is 2. The van der Waals surface area contributed by atoms with Crippen molar-refractivity contribution in [3.8, 4) is 5.75 Å². The Kier molecular flexibility index (Phi) is 6.47. The number of halogens is 1. The van der Waals surface area contributed by atoms with E-state index in [2.05, 4.69) is 33.4 Å². The maximum atomic E-state index is 12.7. The van der Waals surface area contributed by atoms with E-state index in [0.717, 1.165) is 16.5 Å². The van der Waals surface area contributed by atoms with Crippen LogP contribution in [0.5, 0.6) is 5.75 Å². The van der Waals surface area contributed by atoms with E-state index in [1.165, 1.54) is 5.56 Å². The minimum absolute atomic E-state index is 0.0630. The molecule has 2 aliphatic heterocycles. The zero-order valence-electron chi connectivity index (χ0n) is 18.7. The molecule has 1 fully saturated rings. The molecular weight excluding hydrogens is 472 g/mol. The summed E-state index contributed by atoms with van der Waals surface area (Å²) in [7, 11) is 0.